The van der Waals surface area contributed by atoms with E-state index in [2.05, 4.69) is 10.6 Å². The Morgan fingerprint density at radius 2 is 2.13 bits per heavy atom. The molecule has 1 aromatic rings. The van der Waals surface area contributed by atoms with Crippen molar-refractivity contribution >= 4 is 5.91 Å². The standard InChI is InChI=1S/C11H15FN2O/c1-8(11(15)13-2)14-7-9-5-3-4-6-10(9)12/h3-6,8,14H,7H2,1-2H3,(H,13,15). The maximum atomic E-state index is 13.2. The first-order valence-corrected chi connectivity index (χ1v) is 4.83. The van der Waals surface area contributed by atoms with Crippen LogP contribution in [0.1, 0.15) is 12.5 Å². The highest BCUT2D eigenvalue weighted by Crippen LogP contribution is 2.05. The van der Waals surface area contributed by atoms with Crippen molar-refractivity contribution in [3.8, 4) is 0 Å². The number of rotatable bonds is 4. The molecule has 1 aromatic carbocycles. The fourth-order valence-corrected chi connectivity index (χ4v) is 1.21. The van der Waals surface area contributed by atoms with Crippen molar-refractivity contribution in [2.75, 3.05) is 7.05 Å². The SMILES string of the molecule is CNC(=O)C(C)NCc1ccccc1F. The molecule has 0 bridgehead atoms. The quantitative estimate of drug-likeness (QED) is 0.780. The zero-order valence-corrected chi connectivity index (χ0v) is 8.88. The van der Waals surface area contributed by atoms with Crippen LogP contribution in [0.4, 0.5) is 4.39 Å². The van der Waals surface area contributed by atoms with E-state index in [-0.39, 0.29) is 17.8 Å². The highest BCUT2D eigenvalue weighted by Gasteiger charge is 2.10. The summed E-state index contributed by atoms with van der Waals surface area (Å²) in [6.45, 7) is 2.08. The van der Waals surface area contributed by atoms with Gasteiger partial charge in [0.25, 0.3) is 0 Å². The molecule has 1 rings (SSSR count). The Hall–Kier alpha value is -1.42. The second kappa shape index (κ2) is 5.46. The van der Waals surface area contributed by atoms with Crippen LogP contribution >= 0.6 is 0 Å². The number of hydrogen-bond acceptors (Lipinski definition) is 2. The third-order valence-corrected chi connectivity index (χ3v) is 2.20. The van der Waals surface area contributed by atoms with Gasteiger partial charge in [-0.2, -0.15) is 0 Å². The largest absolute Gasteiger partial charge is 0.358 e. The van der Waals surface area contributed by atoms with Crippen molar-refractivity contribution in [2.24, 2.45) is 0 Å². The van der Waals surface area contributed by atoms with E-state index in [0.29, 0.717) is 12.1 Å². The van der Waals surface area contributed by atoms with Gasteiger partial charge in [-0.3, -0.25) is 4.79 Å². The molecule has 2 N–H and O–H groups in total. The molecule has 0 saturated heterocycles. The van der Waals surface area contributed by atoms with Crippen LogP contribution in [0, 0.1) is 5.82 Å². The third-order valence-electron chi connectivity index (χ3n) is 2.20. The molecule has 0 aliphatic rings. The molecular formula is C11H15FN2O. The average molecular weight is 210 g/mol. The molecule has 82 valence electrons. The number of hydrogen-bond donors (Lipinski definition) is 2. The Bertz CT molecular complexity index is 341. The van der Waals surface area contributed by atoms with Crippen LogP contribution in [0.2, 0.25) is 0 Å². The van der Waals surface area contributed by atoms with Crippen LogP contribution in [0.3, 0.4) is 0 Å². The number of likely N-dealkylation sites (N-methyl/N-ethyl adjacent to an activating group) is 1. The zero-order chi connectivity index (χ0) is 11.3. The molecule has 0 aromatic heterocycles. The summed E-state index contributed by atoms with van der Waals surface area (Å²) < 4.78 is 13.2. The van der Waals surface area contributed by atoms with Gasteiger partial charge in [-0.05, 0) is 13.0 Å². The van der Waals surface area contributed by atoms with Crippen LogP contribution < -0.4 is 10.6 Å². The molecule has 4 heteroatoms. The smallest absolute Gasteiger partial charge is 0.236 e. The summed E-state index contributed by atoms with van der Waals surface area (Å²) in [5.41, 5.74) is 0.563. The number of amides is 1. The first-order valence-electron chi connectivity index (χ1n) is 4.83. The average Bonchev–Trinajstić information content (AvgIpc) is 2.26. The van der Waals surface area contributed by atoms with Gasteiger partial charge in [0, 0.05) is 19.2 Å². The minimum Gasteiger partial charge on any atom is -0.358 e. The summed E-state index contributed by atoms with van der Waals surface area (Å²) in [6.07, 6.45) is 0. The lowest BCUT2D eigenvalue weighted by Gasteiger charge is -2.12. The highest BCUT2D eigenvalue weighted by molar-refractivity contribution is 5.80. The zero-order valence-electron chi connectivity index (χ0n) is 8.88. The molecular weight excluding hydrogens is 195 g/mol. The molecule has 0 aliphatic carbocycles. The van der Waals surface area contributed by atoms with Crippen molar-refractivity contribution in [1.82, 2.24) is 10.6 Å². The van der Waals surface area contributed by atoms with E-state index in [1.807, 2.05) is 0 Å². The summed E-state index contributed by atoms with van der Waals surface area (Å²) in [7, 11) is 1.57. The van der Waals surface area contributed by atoms with Gasteiger partial charge < -0.3 is 10.6 Å². The molecule has 1 amide bonds. The monoisotopic (exact) mass is 210 g/mol. The molecule has 0 saturated carbocycles. The maximum Gasteiger partial charge on any atom is 0.236 e. The summed E-state index contributed by atoms with van der Waals surface area (Å²) in [5.74, 6) is -0.361. The van der Waals surface area contributed by atoms with Gasteiger partial charge in [0.05, 0.1) is 6.04 Å². The minimum absolute atomic E-state index is 0.105. The predicted octanol–water partition coefficient (Wildman–Crippen LogP) is 1.05. The van der Waals surface area contributed by atoms with Gasteiger partial charge >= 0.3 is 0 Å². The predicted molar refractivity (Wildman–Crippen MR) is 56.8 cm³/mol. The van der Waals surface area contributed by atoms with Gasteiger partial charge in [0.15, 0.2) is 0 Å². The van der Waals surface area contributed by atoms with E-state index in [1.165, 1.54) is 6.07 Å². The van der Waals surface area contributed by atoms with Gasteiger partial charge in [-0.25, -0.2) is 4.39 Å². The molecule has 0 radical (unpaired) electrons. The van der Waals surface area contributed by atoms with Gasteiger partial charge in [0.1, 0.15) is 5.82 Å². The number of benzene rings is 1. The van der Waals surface area contributed by atoms with Gasteiger partial charge in [-0.1, -0.05) is 18.2 Å². The molecule has 0 spiro atoms. The highest BCUT2D eigenvalue weighted by atomic mass is 19.1. The van der Waals surface area contributed by atoms with Crippen molar-refractivity contribution in [3.05, 3.63) is 35.6 Å². The second-order valence-corrected chi connectivity index (χ2v) is 3.31. The van der Waals surface area contributed by atoms with Crippen LogP contribution in [0.25, 0.3) is 0 Å². The number of nitrogens with one attached hydrogen (secondary N) is 2. The fraction of sp³-hybridized carbons (Fsp3) is 0.364. The van der Waals surface area contributed by atoms with Crippen molar-refractivity contribution in [1.29, 1.82) is 0 Å². The van der Waals surface area contributed by atoms with E-state index < -0.39 is 0 Å². The Labute approximate surface area is 88.7 Å². The Morgan fingerprint density at radius 3 is 2.73 bits per heavy atom. The second-order valence-electron chi connectivity index (χ2n) is 3.31. The van der Waals surface area contributed by atoms with E-state index in [9.17, 15) is 9.18 Å². The van der Waals surface area contributed by atoms with E-state index >= 15 is 0 Å². The maximum absolute atomic E-state index is 13.2. The van der Waals surface area contributed by atoms with Gasteiger partial charge in [0.2, 0.25) is 5.91 Å². The Morgan fingerprint density at radius 1 is 1.47 bits per heavy atom. The van der Waals surface area contributed by atoms with E-state index in [4.69, 9.17) is 0 Å². The van der Waals surface area contributed by atoms with Crippen molar-refractivity contribution < 1.29 is 9.18 Å². The normalized spacial score (nSPS) is 12.2. The fourth-order valence-electron chi connectivity index (χ4n) is 1.21. The summed E-state index contributed by atoms with van der Waals surface area (Å²) in [6, 6.07) is 6.18. The number of carbonyl (C=O) groups excluding carboxylic acids is 1. The topological polar surface area (TPSA) is 41.1 Å². The van der Waals surface area contributed by atoms with E-state index in [1.54, 1.807) is 32.2 Å². The summed E-state index contributed by atoms with van der Waals surface area (Å²) >= 11 is 0. The Balaban J connectivity index is 2.50. The van der Waals surface area contributed by atoms with Crippen LogP contribution in [0.15, 0.2) is 24.3 Å². The molecule has 0 aliphatic heterocycles. The molecule has 3 nitrogen and oxygen atoms in total. The summed E-state index contributed by atoms with van der Waals surface area (Å²) in [4.78, 5) is 11.2. The summed E-state index contributed by atoms with van der Waals surface area (Å²) in [5, 5.41) is 5.46. The minimum atomic E-state index is -0.324. The van der Waals surface area contributed by atoms with Crippen LogP contribution in [0.5, 0.6) is 0 Å². The lowest BCUT2D eigenvalue weighted by Crippen LogP contribution is -2.40. The number of halogens is 1. The molecule has 1 atom stereocenters. The first kappa shape index (κ1) is 11.7. The molecule has 0 heterocycles. The van der Waals surface area contributed by atoms with Gasteiger partial charge in [-0.15, -0.1) is 0 Å². The third kappa shape index (κ3) is 3.32. The van der Waals surface area contributed by atoms with Crippen LogP contribution in [-0.4, -0.2) is 19.0 Å². The van der Waals surface area contributed by atoms with Crippen molar-refractivity contribution in [2.45, 2.75) is 19.5 Å². The molecule has 15 heavy (non-hydrogen) atoms. The van der Waals surface area contributed by atoms with Crippen molar-refractivity contribution in [3.63, 3.8) is 0 Å². The molecule has 0 fully saturated rings. The number of carbonyl (C=O) groups is 1. The molecule has 1 unspecified atom stereocenters. The lowest BCUT2D eigenvalue weighted by molar-refractivity contribution is -0.122. The van der Waals surface area contributed by atoms with Crippen LogP contribution in [-0.2, 0) is 11.3 Å². The Kier molecular flexibility index (Phi) is 4.24. The lowest BCUT2D eigenvalue weighted by atomic mass is 10.2. The first-order chi connectivity index (χ1) is 7.15. The van der Waals surface area contributed by atoms with E-state index in [0.717, 1.165) is 0 Å².